The van der Waals surface area contributed by atoms with Crippen LogP contribution in [0, 0.1) is 0 Å². The molecule has 7 heteroatoms. The third-order valence-electron chi connectivity index (χ3n) is 3.27. The molecule has 3 nitrogen and oxygen atoms in total. The fourth-order valence-electron chi connectivity index (χ4n) is 2.38. The molecule has 0 bridgehead atoms. The number of halogens is 4. The number of hydrogen-bond acceptors (Lipinski definition) is 3. The Hall–Kier alpha value is -0.880. The van der Waals surface area contributed by atoms with Gasteiger partial charge in [-0.1, -0.05) is 24.4 Å². The molecule has 0 atom stereocenters. The smallest absolute Gasteiger partial charge is 0.372 e. The molecule has 0 spiro atoms. The molecule has 1 heterocycles. The van der Waals surface area contributed by atoms with Gasteiger partial charge in [-0.3, -0.25) is 0 Å². The summed E-state index contributed by atoms with van der Waals surface area (Å²) in [6, 6.07) is 1.75. The predicted molar refractivity (Wildman–Crippen MR) is 68.8 cm³/mol. The average Bonchev–Trinajstić information content (AvgIpc) is 2.86. The molecule has 0 aromatic carbocycles. The average molecular weight is 309 g/mol. The first-order valence-corrected chi connectivity index (χ1v) is 7.00. The number of ether oxygens (including phenoxy) is 1. The highest BCUT2D eigenvalue weighted by atomic mass is 35.5. The number of alkyl halides is 3. The van der Waals surface area contributed by atoms with Gasteiger partial charge in [0.15, 0.2) is 0 Å². The monoisotopic (exact) mass is 308 g/mol. The molecule has 2 rings (SSSR count). The van der Waals surface area contributed by atoms with Crippen molar-refractivity contribution < 1.29 is 17.9 Å². The van der Waals surface area contributed by atoms with E-state index in [9.17, 15) is 13.2 Å². The molecule has 20 heavy (non-hydrogen) atoms. The minimum Gasteiger partial charge on any atom is -0.372 e. The third-order valence-corrected chi connectivity index (χ3v) is 3.46. The molecule has 0 N–H and O–H groups in total. The minimum absolute atomic E-state index is 0.0655. The van der Waals surface area contributed by atoms with Gasteiger partial charge < -0.3 is 4.74 Å². The largest absolute Gasteiger partial charge is 0.411 e. The first kappa shape index (κ1) is 15.5. The molecule has 0 aliphatic heterocycles. The number of aromatic nitrogens is 2. The van der Waals surface area contributed by atoms with Crippen LogP contribution >= 0.6 is 11.6 Å². The fourth-order valence-corrected chi connectivity index (χ4v) is 2.59. The van der Waals surface area contributed by atoms with Crippen molar-refractivity contribution in [2.45, 2.75) is 44.2 Å². The molecular formula is C13H16ClF3N2O. The Balaban J connectivity index is 1.91. The van der Waals surface area contributed by atoms with E-state index >= 15 is 0 Å². The zero-order chi connectivity index (χ0) is 14.6. The summed E-state index contributed by atoms with van der Waals surface area (Å²) >= 11 is 5.94. The van der Waals surface area contributed by atoms with E-state index in [1.807, 2.05) is 0 Å². The van der Waals surface area contributed by atoms with Crippen LogP contribution in [0.2, 0.25) is 5.15 Å². The molecule has 1 saturated carbocycles. The summed E-state index contributed by atoms with van der Waals surface area (Å²) in [5.41, 5.74) is 0.897. The maximum Gasteiger partial charge on any atom is 0.411 e. The topological polar surface area (TPSA) is 35.0 Å². The second-order valence-electron chi connectivity index (χ2n) is 4.93. The summed E-state index contributed by atoms with van der Waals surface area (Å²) < 4.78 is 40.4. The molecule has 0 unspecified atom stereocenters. The second-order valence-corrected chi connectivity index (χ2v) is 5.32. The summed E-state index contributed by atoms with van der Waals surface area (Å²) in [5, 5.41) is 0.340. The molecule has 112 valence electrons. The van der Waals surface area contributed by atoms with E-state index in [0.29, 0.717) is 16.9 Å². The maximum atomic E-state index is 11.9. The van der Waals surface area contributed by atoms with Crippen LogP contribution in [0.25, 0.3) is 0 Å². The summed E-state index contributed by atoms with van der Waals surface area (Å²) in [5.74, 6) is 0.840. The minimum atomic E-state index is -4.30. The van der Waals surface area contributed by atoms with Gasteiger partial charge in [0.05, 0.1) is 6.61 Å². The Morgan fingerprint density at radius 3 is 2.60 bits per heavy atom. The van der Waals surface area contributed by atoms with Crippen molar-refractivity contribution in [3.63, 3.8) is 0 Å². The van der Waals surface area contributed by atoms with Gasteiger partial charge in [0.2, 0.25) is 0 Å². The van der Waals surface area contributed by atoms with Gasteiger partial charge in [-0.2, -0.15) is 13.2 Å². The Kier molecular flexibility index (Phi) is 5.21. The van der Waals surface area contributed by atoms with E-state index in [1.54, 1.807) is 6.07 Å². The van der Waals surface area contributed by atoms with E-state index in [-0.39, 0.29) is 13.0 Å². The molecule has 0 saturated heterocycles. The third kappa shape index (κ3) is 4.90. The van der Waals surface area contributed by atoms with Gasteiger partial charge in [0.1, 0.15) is 17.6 Å². The lowest BCUT2D eigenvalue weighted by Gasteiger charge is -2.11. The Labute approximate surface area is 120 Å². The lowest BCUT2D eigenvalue weighted by molar-refractivity contribution is -0.173. The SMILES string of the molecule is FC(F)(F)COCCc1nc(Cl)cc(C2CCCC2)n1. The fraction of sp³-hybridized carbons (Fsp3) is 0.692. The van der Waals surface area contributed by atoms with Gasteiger partial charge >= 0.3 is 6.18 Å². The number of nitrogens with zero attached hydrogens (tertiary/aromatic N) is 2. The van der Waals surface area contributed by atoms with Crippen molar-refractivity contribution in [1.29, 1.82) is 0 Å². The van der Waals surface area contributed by atoms with Gasteiger partial charge in [-0.25, -0.2) is 9.97 Å². The van der Waals surface area contributed by atoms with Gasteiger partial charge in [0, 0.05) is 18.0 Å². The first-order chi connectivity index (χ1) is 9.44. The number of hydrogen-bond donors (Lipinski definition) is 0. The van der Waals surface area contributed by atoms with Crippen molar-refractivity contribution in [2.75, 3.05) is 13.2 Å². The second kappa shape index (κ2) is 6.72. The van der Waals surface area contributed by atoms with Crippen LogP contribution < -0.4 is 0 Å². The van der Waals surface area contributed by atoms with E-state index < -0.39 is 12.8 Å². The van der Waals surface area contributed by atoms with Crippen molar-refractivity contribution in [2.24, 2.45) is 0 Å². The van der Waals surface area contributed by atoms with Crippen molar-refractivity contribution >= 4 is 11.6 Å². The highest BCUT2D eigenvalue weighted by Gasteiger charge is 2.27. The van der Waals surface area contributed by atoms with Crippen LogP contribution in [0.4, 0.5) is 13.2 Å². The molecule has 1 aliphatic rings. The first-order valence-electron chi connectivity index (χ1n) is 6.62. The number of rotatable bonds is 5. The zero-order valence-electron chi connectivity index (χ0n) is 10.9. The molecular weight excluding hydrogens is 293 g/mol. The lowest BCUT2D eigenvalue weighted by Crippen LogP contribution is -2.18. The molecule has 0 radical (unpaired) electrons. The lowest BCUT2D eigenvalue weighted by atomic mass is 10.0. The van der Waals surface area contributed by atoms with Crippen molar-refractivity contribution in [3.05, 3.63) is 22.7 Å². The Bertz CT molecular complexity index is 448. The zero-order valence-corrected chi connectivity index (χ0v) is 11.7. The Morgan fingerprint density at radius 1 is 1.25 bits per heavy atom. The van der Waals surface area contributed by atoms with Gasteiger partial charge in [0.25, 0.3) is 0 Å². The Morgan fingerprint density at radius 2 is 1.95 bits per heavy atom. The van der Waals surface area contributed by atoms with E-state index in [1.165, 1.54) is 12.8 Å². The van der Waals surface area contributed by atoms with Gasteiger partial charge in [-0.15, -0.1) is 0 Å². The summed E-state index contributed by atoms with van der Waals surface area (Å²) in [4.78, 5) is 8.43. The molecule has 1 aromatic rings. The highest BCUT2D eigenvalue weighted by Crippen LogP contribution is 2.33. The molecule has 1 fully saturated rings. The van der Waals surface area contributed by atoms with Crippen LogP contribution in [-0.4, -0.2) is 29.4 Å². The van der Waals surface area contributed by atoms with Crippen LogP contribution in [0.3, 0.4) is 0 Å². The van der Waals surface area contributed by atoms with Gasteiger partial charge in [-0.05, 0) is 18.9 Å². The van der Waals surface area contributed by atoms with Crippen LogP contribution in [-0.2, 0) is 11.2 Å². The molecule has 1 aromatic heterocycles. The summed E-state index contributed by atoms with van der Waals surface area (Å²) in [6.07, 6.45) is 0.446. The van der Waals surface area contributed by atoms with Crippen LogP contribution in [0.5, 0.6) is 0 Å². The van der Waals surface area contributed by atoms with E-state index in [2.05, 4.69) is 14.7 Å². The van der Waals surface area contributed by atoms with E-state index in [4.69, 9.17) is 11.6 Å². The normalized spacial score (nSPS) is 16.8. The molecule has 1 aliphatic carbocycles. The highest BCUT2D eigenvalue weighted by molar-refractivity contribution is 6.29. The van der Waals surface area contributed by atoms with Crippen molar-refractivity contribution in [3.8, 4) is 0 Å². The summed E-state index contributed by atoms with van der Waals surface area (Å²) in [7, 11) is 0. The van der Waals surface area contributed by atoms with E-state index in [0.717, 1.165) is 18.5 Å². The molecule has 0 amide bonds. The summed E-state index contributed by atoms with van der Waals surface area (Å²) in [6.45, 7) is -1.31. The van der Waals surface area contributed by atoms with Crippen LogP contribution in [0.1, 0.15) is 43.1 Å². The predicted octanol–water partition coefficient (Wildman–Crippen LogP) is 3.91. The maximum absolute atomic E-state index is 11.9. The quantitative estimate of drug-likeness (QED) is 0.611. The van der Waals surface area contributed by atoms with Crippen LogP contribution in [0.15, 0.2) is 6.07 Å². The van der Waals surface area contributed by atoms with Crippen molar-refractivity contribution in [1.82, 2.24) is 9.97 Å². The standard InChI is InChI=1S/C13H16ClF3N2O/c14-11-7-10(9-3-1-2-4-9)18-12(19-11)5-6-20-8-13(15,16)17/h7,9H,1-6,8H2.